The summed E-state index contributed by atoms with van der Waals surface area (Å²) >= 11 is 0. The van der Waals surface area contributed by atoms with Crippen molar-refractivity contribution in [1.29, 1.82) is 0 Å². The number of likely N-dealkylation sites (tertiary alicyclic amines) is 1. The van der Waals surface area contributed by atoms with Crippen molar-refractivity contribution in [3.8, 4) is 0 Å². The number of esters is 1. The summed E-state index contributed by atoms with van der Waals surface area (Å²) in [6.07, 6.45) is 9.30. The van der Waals surface area contributed by atoms with E-state index in [0.29, 0.717) is 5.92 Å². The second kappa shape index (κ2) is 6.57. The molecule has 0 aromatic heterocycles. The van der Waals surface area contributed by atoms with Crippen LogP contribution in [-0.2, 0) is 19.0 Å². The molecule has 150 valence electrons. The van der Waals surface area contributed by atoms with Crippen LogP contribution in [0.25, 0.3) is 0 Å². The number of carbonyl (C=O) groups is 1. The molecule has 27 heavy (non-hydrogen) atoms. The molecule has 5 nitrogen and oxygen atoms in total. The standard InChI is InChI=1S/C22H33NO4/c1-15-4-3-5-21(2)13-19-16(12-18(15)21)17(20(24)27-19)14-23-8-6-22(7-9-23)25-10-11-26-22/h12,15-17,19H,3-11,13-14H2,1-2H3/p+1/t15-,16+,17-,19+,21+/m0/s1. The van der Waals surface area contributed by atoms with E-state index in [0.717, 1.165) is 52.1 Å². The van der Waals surface area contributed by atoms with Gasteiger partial charge < -0.3 is 19.1 Å². The van der Waals surface area contributed by atoms with Crippen LogP contribution in [0.2, 0.25) is 0 Å². The van der Waals surface area contributed by atoms with Gasteiger partial charge >= 0.3 is 5.97 Å². The first-order chi connectivity index (χ1) is 13.0. The van der Waals surface area contributed by atoms with Crippen molar-refractivity contribution in [2.45, 2.75) is 64.3 Å². The topological polar surface area (TPSA) is 49.2 Å². The SMILES string of the molecule is C[C@H]1CCC[C@]2(C)C[C@H]3OC(=O)[C@@H](C[NH+]4CCC5(CC4)OCCO5)[C@H]3C=C12. The molecule has 0 amide bonds. The summed E-state index contributed by atoms with van der Waals surface area (Å²) in [6, 6.07) is 0. The van der Waals surface area contributed by atoms with E-state index in [9.17, 15) is 4.79 Å². The van der Waals surface area contributed by atoms with Crippen molar-refractivity contribution in [2.75, 3.05) is 32.8 Å². The molecule has 1 spiro atoms. The van der Waals surface area contributed by atoms with E-state index in [1.165, 1.54) is 24.2 Å². The van der Waals surface area contributed by atoms with Crippen molar-refractivity contribution >= 4 is 5.97 Å². The first kappa shape index (κ1) is 18.1. The van der Waals surface area contributed by atoms with Crippen LogP contribution in [0.5, 0.6) is 0 Å². The van der Waals surface area contributed by atoms with Crippen molar-refractivity contribution in [1.82, 2.24) is 0 Å². The molecule has 5 aliphatic rings. The molecule has 1 saturated carbocycles. The van der Waals surface area contributed by atoms with Crippen molar-refractivity contribution in [3.63, 3.8) is 0 Å². The zero-order valence-electron chi connectivity index (χ0n) is 16.8. The minimum Gasteiger partial charge on any atom is -0.461 e. The van der Waals surface area contributed by atoms with Crippen LogP contribution >= 0.6 is 0 Å². The number of allylic oxidation sites excluding steroid dienone is 1. The second-order valence-electron chi connectivity index (χ2n) is 9.90. The number of fused-ring (bicyclic) bond motifs is 2. The Hall–Kier alpha value is -0.910. The maximum Gasteiger partial charge on any atom is 0.315 e. The van der Waals surface area contributed by atoms with E-state index in [1.807, 2.05) is 0 Å². The average Bonchev–Trinajstić information content (AvgIpc) is 3.20. The minimum absolute atomic E-state index is 0.0237. The smallest absolute Gasteiger partial charge is 0.315 e. The lowest BCUT2D eigenvalue weighted by molar-refractivity contribution is -0.911. The summed E-state index contributed by atoms with van der Waals surface area (Å²) in [5.41, 5.74) is 1.86. The monoisotopic (exact) mass is 376 g/mol. The van der Waals surface area contributed by atoms with Gasteiger partial charge in [-0.25, -0.2) is 0 Å². The molecular weight excluding hydrogens is 342 g/mol. The number of rotatable bonds is 2. The molecule has 0 aromatic rings. The molecular formula is C22H34NO4+. The molecule has 3 heterocycles. The molecule has 3 aliphatic heterocycles. The Morgan fingerprint density at radius 2 is 1.93 bits per heavy atom. The maximum absolute atomic E-state index is 12.7. The van der Waals surface area contributed by atoms with Crippen molar-refractivity contribution in [2.24, 2.45) is 23.2 Å². The highest BCUT2D eigenvalue weighted by molar-refractivity contribution is 5.76. The lowest BCUT2D eigenvalue weighted by atomic mass is 9.59. The summed E-state index contributed by atoms with van der Waals surface area (Å²) in [6.45, 7) is 9.13. The molecule has 0 radical (unpaired) electrons. The third kappa shape index (κ3) is 3.06. The lowest BCUT2D eigenvalue weighted by Gasteiger charge is -2.46. The summed E-state index contributed by atoms with van der Waals surface area (Å²) < 4.78 is 17.6. The van der Waals surface area contributed by atoms with Gasteiger partial charge in [-0.3, -0.25) is 4.79 Å². The summed E-state index contributed by atoms with van der Waals surface area (Å²) in [5.74, 6) is 0.672. The van der Waals surface area contributed by atoms with Crippen LogP contribution in [-0.4, -0.2) is 50.7 Å². The third-order valence-corrected chi connectivity index (χ3v) is 8.12. The Bertz CT molecular complexity index is 630. The molecule has 1 N–H and O–H groups in total. The summed E-state index contributed by atoms with van der Waals surface area (Å²) in [5, 5.41) is 0. The number of nitrogens with one attached hydrogen (secondary N) is 1. The van der Waals surface area contributed by atoms with E-state index >= 15 is 0 Å². The molecule has 2 aliphatic carbocycles. The number of piperidine rings is 1. The molecule has 5 rings (SSSR count). The van der Waals surface area contributed by atoms with E-state index in [1.54, 1.807) is 5.57 Å². The van der Waals surface area contributed by atoms with Gasteiger partial charge in [0.2, 0.25) is 0 Å². The van der Waals surface area contributed by atoms with Crippen LogP contribution in [0.15, 0.2) is 11.6 Å². The highest BCUT2D eigenvalue weighted by Gasteiger charge is 2.53. The zero-order chi connectivity index (χ0) is 18.6. The molecule has 4 fully saturated rings. The third-order valence-electron chi connectivity index (χ3n) is 8.12. The highest BCUT2D eigenvalue weighted by atomic mass is 16.7. The van der Waals surface area contributed by atoms with Crippen LogP contribution in [0.3, 0.4) is 0 Å². The number of quaternary nitrogens is 1. The zero-order valence-corrected chi connectivity index (χ0v) is 16.8. The van der Waals surface area contributed by atoms with Gasteiger partial charge in [-0.05, 0) is 30.6 Å². The van der Waals surface area contributed by atoms with E-state index in [2.05, 4.69) is 19.9 Å². The fourth-order valence-corrected chi connectivity index (χ4v) is 6.57. The van der Waals surface area contributed by atoms with Gasteiger partial charge in [-0.1, -0.05) is 31.9 Å². The number of carbonyl (C=O) groups excluding carboxylic acids is 1. The average molecular weight is 377 g/mol. The fourth-order valence-electron chi connectivity index (χ4n) is 6.57. The minimum atomic E-state index is -0.325. The van der Waals surface area contributed by atoms with E-state index in [4.69, 9.17) is 14.2 Å². The Labute approximate surface area is 162 Å². The van der Waals surface area contributed by atoms with Gasteiger partial charge in [0.15, 0.2) is 5.79 Å². The molecule has 5 heteroatoms. The molecule has 3 saturated heterocycles. The largest absolute Gasteiger partial charge is 0.461 e. The van der Waals surface area contributed by atoms with Gasteiger partial charge in [-0.2, -0.15) is 0 Å². The fraction of sp³-hybridized carbons (Fsp3) is 0.864. The second-order valence-corrected chi connectivity index (χ2v) is 9.90. The lowest BCUT2D eigenvalue weighted by Crippen LogP contribution is -3.14. The van der Waals surface area contributed by atoms with E-state index in [-0.39, 0.29) is 35.1 Å². The maximum atomic E-state index is 12.7. The normalized spacial score (nSPS) is 43.9. The number of hydrogen-bond acceptors (Lipinski definition) is 4. The van der Waals surface area contributed by atoms with Crippen LogP contribution in [0, 0.1) is 23.2 Å². The Balaban J connectivity index is 1.30. The Morgan fingerprint density at radius 1 is 1.19 bits per heavy atom. The summed E-state index contributed by atoms with van der Waals surface area (Å²) in [7, 11) is 0. The van der Waals surface area contributed by atoms with Crippen LogP contribution < -0.4 is 4.90 Å². The first-order valence-electron chi connectivity index (χ1n) is 11.0. The Morgan fingerprint density at radius 3 is 2.67 bits per heavy atom. The molecule has 0 aromatic carbocycles. The van der Waals surface area contributed by atoms with Gasteiger partial charge in [-0.15, -0.1) is 0 Å². The predicted molar refractivity (Wildman–Crippen MR) is 100 cm³/mol. The van der Waals surface area contributed by atoms with Gasteiger partial charge in [0.25, 0.3) is 0 Å². The highest BCUT2D eigenvalue weighted by Crippen LogP contribution is 2.53. The van der Waals surface area contributed by atoms with Gasteiger partial charge in [0.1, 0.15) is 12.0 Å². The van der Waals surface area contributed by atoms with E-state index < -0.39 is 0 Å². The summed E-state index contributed by atoms with van der Waals surface area (Å²) in [4.78, 5) is 14.2. The quantitative estimate of drug-likeness (QED) is 0.589. The first-order valence-corrected chi connectivity index (χ1v) is 11.0. The van der Waals surface area contributed by atoms with Crippen molar-refractivity contribution in [3.05, 3.63) is 11.6 Å². The van der Waals surface area contributed by atoms with Crippen LogP contribution in [0.1, 0.15) is 52.4 Å². The van der Waals surface area contributed by atoms with Crippen molar-refractivity contribution < 1.29 is 23.9 Å². The Kier molecular flexibility index (Phi) is 4.41. The van der Waals surface area contributed by atoms with Crippen LogP contribution in [0.4, 0.5) is 0 Å². The van der Waals surface area contributed by atoms with Gasteiger partial charge in [0, 0.05) is 5.92 Å². The number of hydrogen-bond donors (Lipinski definition) is 1. The molecule has 0 unspecified atom stereocenters. The predicted octanol–water partition coefficient (Wildman–Crippen LogP) is 1.72. The van der Waals surface area contributed by atoms with Gasteiger partial charge in [0.05, 0.1) is 45.7 Å². The number of ether oxygens (including phenoxy) is 3. The molecule has 0 bridgehead atoms. The molecule has 5 atom stereocenters.